The Morgan fingerprint density at radius 3 is 2.85 bits per heavy atom. The highest BCUT2D eigenvalue weighted by molar-refractivity contribution is 5.83. The van der Waals surface area contributed by atoms with Gasteiger partial charge in [0, 0.05) is 11.6 Å². The van der Waals surface area contributed by atoms with Crippen LogP contribution in [0.15, 0.2) is 12.3 Å². The molecule has 1 rings (SSSR count). The number of carbonyl (C=O) groups excluding carboxylic acids is 1. The molecule has 13 heavy (non-hydrogen) atoms. The number of hydrogen-bond donors (Lipinski definition) is 1. The van der Waals surface area contributed by atoms with E-state index in [0.29, 0.717) is 5.92 Å². The van der Waals surface area contributed by atoms with Gasteiger partial charge in [0.25, 0.3) is 0 Å². The van der Waals surface area contributed by atoms with Gasteiger partial charge in [0.2, 0.25) is 5.91 Å². The first-order chi connectivity index (χ1) is 6.15. The molecule has 1 amide bonds. The summed E-state index contributed by atoms with van der Waals surface area (Å²) in [6.45, 7) is 8.13. The summed E-state index contributed by atoms with van der Waals surface area (Å²) >= 11 is 0. The molecule has 1 fully saturated rings. The quantitative estimate of drug-likeness (QED) is 0.709. The number of nitrogens with one attached hydrogen (secondary N) is 1. The molecule has 0 radical (unpaired) electrons. The summed E-state index contributed by atoms with van der Waals surface area (Å²) in [6, 6.07) is 0. The third kappa shape index (κ3) is 2.58. The Kier molecular flexibility index (Phi) is 3.52. The first kappa shape index (κ1) is 10.3. The summed E-state index contributed by atoms with van der Waals surface area (Å²) < 4.78 is 0. The zero-order chi connectivity index (χ0) is 9.84. The lowest BCUT2D eigenvalue weighted by molar-refractivity contribution is -0.123. The van der Waals surface area contributed by atoms with Crippen molar-refractivity contribution < 1.29 is 4.79 Å². The van der Waals surface area contributed by atoms with Crippen molar-refractivity contribution in [3.63, 3.8) is 0 Å². The number of allylic oxidation sites excluding steroid dienone is 1. The Morgan fingerprint density at radius 1 is 1.69 bits per heavy atom. The smallest absolute Gasteiger partial charge is 0.227 e. The highest BCUT2D eigenvalue weighted by Gasteiger charge is 2.30. The Balaban J connectivity index is 2.42. The van der Waals surface area contributed by atoms with Crippen molar-refractivity contribution >= 4 is 5.91 Å². The predicted octanol–water partition coefficient (Wildman–Crippen LogP) is 2.46. The molecule has 74 valence electrons. The van der Waals surface area contributed by atoms with E-state index < -0.39 is 0 Å². The van der Waals surface area contributed by atoms with E-state index in [1.807, 2.05) is 0 Å². The molecular weight excluding hydrogens is 162 g/mol. The fourth-order valence-corrected chi connectivity index (χ4v) is 1.86. The van der Waals surface area contributed by atoms with E-state index in [4.69, 9.17) is 0 Å². The van der Waals surface area contributed by atoms with E-state index >= 15 is 0 Å². The van der Waals surface area contributed by atoms with Crippen molar-refractivity contribution in [3.8, 4) is 0 Å². The van der Waals surface area contributed by atoms with E-state index in [1.54, 1.807) is 0 Å². The minimum absolute atomic E-state index is 0.175. The average Bonchev–Trinajstić information content (AvgIpc) is 2.41. The summed E-state index contributed by atoms with van der Waals surface area (Å²) in [4.78, 5) is 11.4. The molecule has 2 atom stereocenters. The van der Waals surface area contributed by atoms with Crippen molar-refractivity contribution in [3.05, 3.63) is 12.3 Å². The molecular formula is C11H19NO. The molecule has 1 heterocycles. The molecule has 1 aliphatic rings. The van der Waals surface area contributed by atoms with Crippen LogP contribution in [0.3, 0.4) is 0 Å². The fraction of sp³-hybridized carbons (Fsp3) is 0.727. The highest BCUT2D eigenvalue weighted by Crippen LogP contribution is 2.28. The van der Waals surface area contributed by atoms with E-state index in [1.165, 1.54) is 12.8 Å². The maximum atomic E-state index is 11.4. The standard InChI is InChI=1S/C11H19NO/c1-4-5-6-8(2)10-7-9(3)12-11(10)13/h8,10H,3-7H2,1-2H3,(H,12,13). The van der Waals surface area contributed by atoms with Crippen molar-refractivity contribution in [1.29, 1.82) is 0 Å². The third-order valence-electron chi connectivity index (χ3n) is 2.80. The predicted molar refractivity (Wildman–Crippen MR) is 54.1 cm³/mol. The van der Waals surface area contributed by atoms with Crippen LogP contribution in [0.2, 0.25) is 0 Å². The molecule has 0 aromatic rings. The van der Waals surface area contributed by atoms with Gasteiger partial charge in [-0.1, -0.05) is 33.3 Å². The molecule has 0 spiro atoms. The SMILES string of the molecule is C=C1CC(C(C)CCCC)C(=O)N1. The summed E-state index contributed by atoms with van der Waals surface area (Å²) in [5, 5.41) is 2.79. The summed E-state index contributed by atoms with van der Waals surface area (Å²) in [6.07, 6.45) is 4.42. The average molecular weight is 181 g/mol. The van der Waals surface area contributed by atoms with Crippen LogP contribution in [0.5, 0.6) is 0 Å². The molecule has 2 unspecified atom stereocenters. The van der Waals surface area contributed by atoms with Gasteiger partial charge < -0.3 is 5.32 Å². The normalized spacial score (nSPS) is 24.6. The number of hydrogen-bond acceptors (Lipinski definition) is 1. The minimum Gasteiger partial charge on any atom is -0.330 e. The van der Waals surface area contributed by atoms with Crippen LogP contribution in [0.25, 0.3) is 0 Å². The molecule has 0 aromatic carbocycles. The molecule has 0 aliphatic carbocycles. The summed E-state index contributed by atoms with van der Waals surface area (Å²) in [7, 11) is 0. The van der Waals surface area contributed by atoms with Crippen molar-refractivity contribution in [1.82, 2.24) is 5.32 Å². The molecule has 1 N–H and O–H groups in total. The van der Waals surface area contributed by atoms with Gasteiger partial charge in [-0.3, -0.25) is 4.79 Å². The van der Waals surface area contributed by atoms with Crippen molar-refractivity contribution in [2.24, 2.45) is 11.8 Å². The van der Waals surface area contributed by atoms with Gasteiger partial charge >= 0.3 is 0 Å². The number of amides is 1. The van der Waals surface area contributed by atoms with Crippen LogP contribution in [0, 0.1) is 11.8 Å². The van der Waals surface area contributed by atoms with Crippen LogP contribution >= 0.6 is 0 Å². The largest absolute Gasteiger partial charge is 0.330 e. The minimum atomic E-state index is 0.175. The lowest BCUT2D eigenvalue weighted by atomic mass is 9.88. The van der Waals surface area contributed by atoms with Crippen molar-refractivity contribution in [2.45, 2.75) is 39.5 Å². The first-order valence-corrected chi connectivity index (χ1v) is 5.13. The molecule has 0 aromatic heterocycles. The van der Waals surface area contributed by atoms with Gasteiger partial charge in [0.05, 0.1) is 0 Å². The van der Waals surface area contributed by atoms with E-state index in [2.05, 4.69) is 25.7 Å². The monoisotopic (exact) mass is 181 g/mol. The maximum absolute atomic E-state index is 11.4. The van der Waals surface area contributed by atoms with E-state index in [0.717, 1.165) is 18.5 Å². The second-order valence-corrected chi connectivity index (χ2v) is 4.02. The molecule has 0 saturated carbocycles. The van der Waals surface area contributed by atoms with Gasteiger partial charge in [-0.2, -0.15) is 0 Å². The number of carbonyl (C=O) groups is 1. The Labute approximate surface area is 80.4 Å². The van der Waals surface area contributed by atoms with E-state index in [9.17, 15) is 4.79 Å². The van der Waals surface area contributed by atoms with Crippen molar-refractivity contribution in [2.75, 3.05) is 0 Å². The highest BCUT2D eigenvalue weighted by atomic mass is 16.2. The lowest BCUT2D eigenvalue weighted by Crippen LogP contribution is -2.23. The van der Waals surface area contributed by atoms with Crippen LogP contribution in [0.1, 0.15) is 39.5 Å². The van der Waals surface area contributed by atoms with Gasteiger partial charge in [0.15, 0.2) is 0 Å². The second-order valence-electron chi connectivity index (χ2n) is 4.02. The van der Waals surface area contributed by atoms with Crippen LogP contribution in [-0.4, -0.2) is 5.91 Å². The van der Waals surface area contributed by atoms with Crippen LogP contribution < -0.4 is 5.32 Å². The molecule has 1 saturated heterocycles. The van der Waals surface area contributed by atoms with Crippen LogP contribution in [-0.2, 0) is 4.79 Å². The molecule has 2 nitrogen and oxygen atoms in total. The first-order valence-electron chi connectivity index (χ1n) is 5.13. The lowest BCUT2D eigenvalue weighted by Gasteiger charge is -2.15. The maximum Gasteiger partial charge on any atom is 0.227 e. The number of unbranched alkanes of at least 4 members (excludes halogenated alkanes) is 1. The summed E-state index contributed by atoms with van der Waals surface area (Å²) in [5.74, 6) is 0.854. The number of rotatable bonds is 4. The van der Waals surface area contributed by atoms with Gasteiger partial charge in [-0.25, -0.2) is 0 Å². The Morgan fingerprint density at radius 2 is 2.38 bits per heavy atom. The zero-order valence-electron chi connectivity index (χ0n) is 8.60. The fourth-order valence-electron chi connectivity index (χ4n) is 1.86. The third-order valence-corrected chi connectivity index (χ3v) is 2.80. The Hall–Kier alpha value is -0.790. The molecule has 2 heteroatoms. The molecule has 0 bridgehead atoms. The zero-order valence-corrected chi connectivity index (χ0v) is 8.60. The Bertz CT molecular complexity index is 210. The van der Waals surface area contributed by atoms with Gasteiger partial charge in [-0.05, 0) is 18.8 Å². The summed E-state index contributed by atoms with van der Waals surface area (Å²) in [5.41, 5.74) is 0.887. The van der Waals surface area contributed by atoms with E-state index in [-0.39, 0.29) is 11.8 Å². The van der Waals surface area contributed by atoms with Gasteiger partial charge in [0.1, 0.15) is 0 Å². The topological polar surface area (TPSA) is 29.1 Å². The van der Waals surface area contributed by atoms with Gasteiger partial charge in [-0.15, -0.1) is 0 Å². The van der Waals surface area contributed by atoms with Crippen LogP contribution in [0.4, 0.5) is 0 Å². The second kappa shape index (κ2) is 4.45. The molecule has 1 aliphatic heterocycles.